The van der Waals surface area contributed by atoms with Gasteiger partial charge in [-0.25, -0.2) is 0 Å². The summed E-state index contributed by atoms with van der Waals surface area (Å²) in [5.74, 6) is 0. The topological polar surface area (TPSA) is 0 Å². The smallest absolute Gasteiger partial charge is 0.346 e. The molecule has 0 nitrogen and oxygen atoms in total. The minimum atomic E-state index is 0. The molecule has 1 heteroatoms. The zero-order chi connectivity index (χ0) is 10.7. The van der Waals surface area contributed by atoms with Crippen molar-refractivity contribution >= 4 is 5.57 Å². The number of rotatable bonds is 1. The van der Waals surface area contributed by atoms with Crippen molar-refractivity contribution in [3.8, 4) is 0 Å². The summed E-state index contributed by atoms with van der Waals surface area (Å²) in [6, 6.07) is 10.2. The van der Waals surface area contributed by atoms with Crippen LogP contribution in [-0.4, -0.2) is 0 Å². The van der Waals surface area contributed by atoms with Crippen molar-refractivity contribution in [1.29, 1.82) is 0 Å². The van der Waals surface area contributed by atoms with Gasteiger partial charge in [0.2, 0.25) is 0 Å². The molecular weight excluding hydrogens is 222 g/mol. The minimum absolute atomic E-state index is 0. The third kappa shape index (κ3) is 9.67. The Morgan fingerprint density at radius 1 is 1.00 bits per heavy atom. The molecular formula is C13H20Zn. The van der Waals surface area contributed by atoms with Gasteiger partial charge in [-0.1, -0.05) is 42.5 Å². The molecule has 0 heterocycles. The van der Waals surface area contributed by atoms with Crippen LogP contribution in [0.3, 0.4) is 0 Å². The molecule has 0 aromatic heterocycles. The first kappa shape index (κ1) is 19.2. The Morgan fingerprint density at radius 2 is 1.36 bits per heavy atom. The summed E-state index contributed by atoms with van der Waals surface area (Å²) in [6.45, 7) is 15.8. The van der Waals surface area contributed by atoms with Gasteiger partial charge in [0.15, 0.2) is 0 Å². The molecule has 0 N–H and O–H groups in total. The molecule has 74 valence electrons. The fourth-order valence-electron chi connectivity index (χ4n) is 0.723. The van der Waals surface area contributed by atoms with Gasteiger partial charge in [0.25, 0.3) is 0 Å². The first-order valence-corrected chi connectivity index (χ1v) is 4.43. The second-order valence-electron chi connectivity index (χ2n) is 2.15. The third-order valence-electron chi connectivity index (χ3n) is 1.27. The summed E-state index contributed by atoms with van der Waals surface area (Å²) in [5.41, 5.74) is 2.34. The number of allylic oxidation sites excluding steroid dienone is 1. The fourth-order valence-corrected chi connectivity index (χ4v) is 0.723. The van der Waals surface area contributed by atoms with E-state index in [1.54, 1.807) is 13.8 Å². The average molecular weight is 242 g/mol. The molecule has 0 radical (unpaired) electrons. The van der Waals surface area contributed by atoms with Crippen LogP contribution in [0, 0.1) is 13.8 Å². The Kier molecular flexibility index (Phi) is 20.7. The largest absolute Gasteiger partial charge is 2.00 e. The molecule has 1 aromatic carbocycles. The van der Waals surface area contributed by atoms with Crippen LogP contribution in [0.2, 0.25) is 0 Å². The average Bonchev–Trinajstić information content (AvgIpc) is 2.25. The molecule has 0 fully saturated rings. The number of hydrogen-bond acceptors (Lipinski definition) is 0. The van der Waals surface area contributed by atoms with E-state index in [1.807, 2.05) is 25.1 Å². The summed E-state index contributed by atoms with van der Waals surface area (Å²) >= 11 is 0. The van der Waals surface area contributed by atoms with Gasteiger partial charge in [0.1, 0.15) is 0 Å². The Bertz CT molecular complexity index is 202. The molecule has 0 aliphatic heterocycles. The van der Waals surface area contributed by atoms with Crippen LogP contribution in [0.4, 0.5) is 0 Å². The summed E-state index contributed by atoms with van der Waals surface area (Å²) in [4.78, 5) is 0. The van der Waals surface area contributed by atoms with Gasteiger partial charge in [0.05, 0.1) is 0 Å². The maximum Gasteiger partial charge on any atom is 2.00 e. The molecule has 14 heavy (non-hydrogen) atoms. The van der Waals surface area contributed by atoms with Crippen LogP contribution in [0.15, 0.2) is 36.9 Å². The van der Waals surface area contributed by atoms with Gasteiger partial charge in [-0.2, -0.15) is 13.8 Å². The first-order valence-electron chi connectivity index (χ1n) is 4.43. The van der Waals surface area contributed by atoms with E-state index in [0.717, 1.165) is 5.57 Å². The van der Waals surface area contributed by atoms with E-state index in [2.05, 4.69) is 32.6 Å². The van der Waals surface area contributed by atoms with Crippen molar-refractivity contribution in [1.82, 2.24) is 0 Å². The normalized spacial score (nSPS) is 6.64. The van der Waals surface area contributed by atoms with Crippen LogP contribution in [0.25, 0.3) is 5.57 Å². The summed E-state index contributed by atoms with van der Waals surface area (Å²) in [7, 11) is 0. The van der Waals surface area contributed by atoms with Crippen LogP contribution >= 0.6 is 0 Å². The monoisotopic (exact) mass is 240 g/mol. The zero-order valence-electron chi connectivity index (χ0n) is 9.72. The van der Waals surface area contributed by atoms with E-state index in [0.29, 0.717) is 0 Å². The minimum Gasteiger partial charge on any atom is -0.346 e. The van der Waals surface area contributed by atoms with Crippen LogP contribution in [0.1, 0.15) is 26.3 Å². The molecule has 0 aliphatic carbocycles. The van der Waals surface area contributed by atoms with Crippen molar-refractivity contribution in [2.75, 3.05) is 0 Å². The first-order chi connectivity index (χ1) is 6.30. The summed E-state index contributed by atoms with van der Waals surface area (Å²) in [6.07, 6.45) is 0. The molecule has 0 aliphatic rings. The van der Waals surface area contributed by atoms with Crippen molar-refractivity contribution in [2.24, 2.45) is 0 Å². The maximum absolute atomic E-state index is 3.83. The molecule has 0 spiro atoms. The quantitative estimate of drug-likeness (QED) is 0.505. The molecule has 0 atom stereocenters. The molecule has 0 unspecified atom stereocenters. The Labute approximate surface area is 102 Å². The third-order valence-corrected chi connectivity index (χ3v) is 1.27. The van der Waals surface area contributed by atoms with Gasteiger partial charge in [-0.05, 0) is 12.5 Å². The van der Waals surface area contributed by atoms with Crippen molar-refractivity contribution in [3.63, 3.8) is 0 Å². The predicted molar refractivity (Wildman–Crippen MR) is 63.2 cm³/mol. The SMILES string of the molecule is C=C(C)c1ccccc1.[CH2-]C.[CH2-]C.[Zn+2]. The van der Waals surface area contributed by atoms with Gasteiger partial charge in [-0.15, -0.1) is 0 Å². The number of benzene rings is 1. The fraction of sp³-hybridized carbons (Fsp3) is 0.231. The second kappa shape index (κ2) is 15.1. The van der Waals surface area contributed by atoms with Gasteiger partial charge >= 0.3 is 19.5 Å². The van der Waals surface area contributed by atoms with Crippen LogP contribution in [-0.2, 0) is 19.5 Å². The van der Waals surface area contributed by atoms with E-state index in [9.17, 15) is 0 Å². The molecule has 0 saturated carbocycles. The van der Waals surface area contributed by atoms with Crippen molar-refractivity contribution in [3.05, 3.63) is 56.3 Å². The summed E-state index contributed by atoms with van der Waals surface area (Å²) < 4.78 is 0. The molecule has 0 saturated heterocycles. The van der Waals surface area contributed by atoms with Gasteiger partial charge < -0.3 is 13.8 Å². The van der Waals surface area contributed by atoms with E-state index in [1.165, 1.54) is 5.56 Å². The Hall–Kier alpha value is -0.417. The predicted octanol–water partition coefficient (Wildman–Crippen LogP) is 4.40. The van der Waals surface area contributed by atoms with Gasteiger partial charge in [0, 0.05) is 0 Å². The van der Waals surface area contributed by atoms with E-state index >= 15 is 0 Å². The molecule has 0 bridgehead atoms. The Morgan fingerprint density at radius 3 is 1.57 bits per heavy atom. The van der Waals surface area contributed by atoms with E-state index in [-0.39, 0.29) is 19.5 Å². The van der Waals surface area contributed by atoms with Crippen LogP contribution < -0.4 is 0 Å². The second-order valence-corrected chi connectivity index (χ2v) is 2.15. The van der Waals surface area contributed by atoms with Crippen molar-refractivity contribution in [2.45, 2.75) is 20.8 Å². The molecule has 0 amide bonds. The standard InChI is InChI=1S/C9H10.2C2H5.Zn/c1-8(2)9-6-4-3-5-7-9;2*1-2;/h3-7H,1H2,2H3;2*1H2,2H3;/q;2*-1;+2. The maximum atomic E-state index is 3.83. The molecule has 1 aromatic rings. The zero-order valence-corrected chi connectivity index (χ0v) is 12.7. The van der Waals surface area contributed by atoms with E-state index < -0.39 is 0 Å². The number of hydrogen-bond donors (Lipinski definition) is 0. The Balaban J connectivity index is -0.000000216. The summed E-state index contributed by atoms with van der Waals surface area (Å²) in [5, 5.41) is 0. The molecule has 1 rings (SSSR count). The van der Waals surface area contributed by atoms with Crippen LogP contribution in [0.5, 0.6) is 0 Å². The van der Waals surface area contributed by atoms with Crippen molar-refractivity contribution < 1.29 is 19.5 Å². The van der Waals surface area contributed by atoms with E-state index in [4.69, 9.17) is 0 Å². The van der Waals surface area contributed by atoms with Gasteiger partial charge in [-0.3, -0.25) is 0 Å².